The van der Waals surface area contributed by atoms with Crippen LogP contribution in [0.3, 0.4) is 0 Å². The summed E-state index contributed by atoms with van der Waals surface area (Å²) >= 11 is 11.4. The number of furan rings is 2. The Labute approximate surface area is 153 Å². The number of amides is 1. The van der Waals surface area contributed by atoms with Crippen molar-refractivity contribution < 1.29 is 18.7 Å². The monoisotopic (exact) mass is 376 g/mol. The Balaban J connectivity index is 1.68. The molecule has 0 bridgehead atoms. The number of hydrogen-bond acceptors (Lipinski definition) is 5. The highest BCUT2D eigenvalue weighted by Crippen LogP contribution is 2.31. The highest BCUT2D eigenvalue weighted by molar-refractivity contribution is 7.80. The molecule has 0 unspecified atom stereocenters. The lowest BCUT2D eigenvalue weighted by atomic mass is 10.1. The maximum atomic E-state index is 11.9. The Morgan fingerprint density at radius 1 is 1.24 bits per heavy atom. The van der Waals surface area contributed by atoms with Gasteiger partial charge in [-0.3, -0.25) is 10.1 Å². The molecule has 3 rings (SSSR count). The summed E-state index contributed by atoms with van der Waals surface area (Å²) in [7, 11) is 0. The average molecular weight is 377 g/mol. The Kier molecular flexibility index (Phi) is 5.18. The quantitative estimate of drug-likeness (QED) is 0.600. The van der Waals surface area contributed by atoms with E-state index in [9.17, 15) is 4.79 Å². The third-order valence-electron chi connectivity index (χ3n) is 3.28. The van der Waals surface area contributed by atoms with Crippen molar-refractivity contribution in [3.63, 3.8) is 0 Å². The van der Waals surface area contributed by atoms with Crippen LogP contribution in [0.15, 0.2) is 57.6 Å². The Hall–Kier alpha value is -2.61. The SMILES string of the molecule is O=C(NC(=S)Nc1ccc(-c2ccc(CO)o2)c(Cl)c1)c1ccco1. The zero-order valence-corrected chi connectivity index (χ0v) is 14.4. The summed E-state index contributed by atoms with van der Waals surface area (Å²) in [5, 5.41) is 15.0. The number of thiocarbonyl (C=S) groups is 1. The van der Waals surface area contributed by atoms with Crippen molar-refractivity contribution in [3.05, 3.63) is 65.3 Å². The molecule has 0 spiro atoms. The van der Waals surface area contributed by atoms with Crippen molar-refractivity contribution >= 4 is 40.5 Å². The summed E-state index contributed by atoms with van der Waals surface area (Å²) < 4.78 is 10.5. The molecule has 0 saturated carbocycles. The van der Waals surface area contributed by atoms with Crippen LogP contribution < -0.4 is 10.6 Å². The van der Waals surface area contributed by atoms with Gasteiger partial charge in [0.25, 0.3) is 5.91 Å². The molecule has 0 atom stereocenters. The topological polar surface area (TPSA) is 87.6 Å². The first-order chi connectivity index (χ1) is 12.1. The second-order valence-electron chi connectivity index (χ2n) is 5.00. The fourth-order valence-electron chi connectivity index (χ4n) is 2.14. The van der Waals surface area contributed by atoms with Crippen LogP contribution in [0.25, 0.3) is 11.3 Å². The number of aliphatic hydroxyl groups excluding tert-OH is 1. The van der Waals surface area contributed by atoms with Crippen LogP contribution in [0.4, 0.5) is 5.69 Å². The average Bonchev–Trinajstić information content (AvgIpc) is 3.26. The molecule has 0 aliphatic rings. The number of carbonyl (C=O) groups excluding carboxylic acids is 1. The Morgan fingerprint density at radius 2 is 2.08 bits per heavy atom. The minimum Gasteiger partial charge on any atom is -0.459 e. The maximum Gasteiger partial charge on any atom is 0.293 e. The summed E-state index contributed by atoms with van der Waals surface area (Å²) in [6.07, 6.45) is 1.40. The maximum absolute atomic E-state index is 11.9. The fraction of sp³-hybridized carbons (Fsp3) is 0.0588. The van der Waals surface area contributed by atoms with Crippen LogP contribution in [0.1, 0.15) is 16.3 Å². The number of rotatable bonds is 4. The summed E-state index contributed by atoms with van der Waals surface area (Å²) in [4.78, 5) is 11.9. The van der Waals surface area contributed by atoms with Gasteiger partial charge in [-0.05, 0) is 54.7 Å². The van der Waals surface area contributed by atoms with E-state index >= 15 is 0 Å². The van der Waals surface area contributed by atoms with Gasteiger partial charge < -0.3 is 19.3 Å². The van der Waals surface area contributed by atoms with Gasteiger partial charge in [0, 0.05) is 11.3 Å². The van der Waals surface area contributed by atoms with Crippen molar-refractivity contribution in [2.45, 2.75) is 6.61 Å². The van der Waals surface area contributed by atoms with Crippen LogP contribution in [0, 0.1) is 0 Å². The number of halogens is 1. The predicted molar refractivity (Wildman–Crippen MR) is 97.5 cm³/mol. The van der Waals surface area contributed by atoms with Gasteiger partial charge in [0.05, 0.1) is 11.3 Å². The lowest BCUT2D eigenvalue weighted by Crippen LogP contribution is -2.33. The normalized spacial score (nSPS) is 10.5. The van der Waals surface area contributed by atoms with Crippen LogP contribution in [0.5, 0.6) is 0 Å². The fourth-order valence-corrected chi connectivity index (χ4v) is 2.62. The molecule has 0 saturated heterocycles. The van der Waals surface area contributed by atoms with E-state index in [0.717, 1.165) is 0 Å². The van der Waals surface area contributed by atoms with Crippen molar-refractivity contribution in [1.82, 2.24) is 5.32 Å². The standard InChI is InChI=1S/C17H13ClN2O4S/c18-13-8-10(3-5-12(13)14-6-4-11(9-21)24-14)19-17(25)20-16(22)15-2-1-7-23-15/h1-8,21H,9H2,(H2,19,20,22,25). The van der Waals surface area contributed by atoms with Crippen LogP contribution >= 0.6 is 23.8 Å². The van der Waals surface area contributed by atoms with E-state index in [1.807, 2.05) is 0 Å². The molecule has 3 N–H and O–H groups in total. The number of hydrogen-bond donors (Lipinski definition) is 3. The Bertz CT molecular complexity index is 905. The van der Waals surface area contributed by atoms with Crippen molar-refractivity contribution in [3.8, 4) is 11.3 Å². The highest BCUT2D eigenvalue weighted by Gasteiger charge is 2.12. The van der Waals surface area contributed by atoms with Gasteiger partial charge in [0.15, 0.2) is 10.9 Å². The van der Waals surface area contributed by atoms with Gasteiger partial charge in [-0.2, -0.15) is 0 Å². The molecule has 2 aromatic heterocycles. The van der Waals surface area contributed by atoms with Gasteiger partial charge in [-0.1, -0.05) is 11.6 Å². The van der Waals surface area contributed by atoms with Gasteiger partial charge in [-0.25, -0.2) is 0 Å². The van der Waals surface area contributed by atoms with Crippen molar-refractivity contribution in [1.29, 1.82) is 0 Å². The second-order valence-corrected chi connectivity index (χ2v) is 5.82. The first-order valence-corrected chi connectivity index (χ1v) is 8.01. The number of aliphatic hydroxyl groups is 1. The molecule has 8 heteroatoms. The molecule has 3 aromatic rings. The molecule has 1 amide bonds. The minimum atomic E-state index is -0.447. The molecule has 128 valence electrons. The largest absolute Gasteiger partial charge is 0.459 e. The molecular weight excluding hydrogens is 364 g/mol. The molecule has 0 aliphatic carbocycles. The van der Waals surface area contributed by atoms with Crippen LogP contribution in [-0.2, 0) is 6.61 Å². The molecule has 0 radical (unpaired) electrons. The van der Waals surface area contributed by atoms with E-state index in [1.165, 1.54) is 12.3 Å². The summed E-state index contributed by atoms with van der Waals surface area (Å²) in [6, 6.07) is 11.7. The molecule has 0 fully saturated rings. The summed E-state index contributed by atoms with van der Waals surface area (Å²) in [6.45, 7) is -0.180. The van der Waals surface area contributed by atoms with Crippen molar-refractivity contribution in [2.75, 3.05) is 5.32 Å². The molecular formula is C17H13ClN2O4S. The number of nitrogens with one attached hydrogen (secondary N) is 2. The molecule has 0 aliphatic heterocycles. The van der Waals surface area contributed by atoms with E-state index in [4.69, 9.17) is 37.8 Å². The van der Waals surface area contributed by atoms with E-state index in [-0.39, 0.29) is 17.5 Å². The van der Waals surface area contributed by atoms with E-state index in [2.05, 4.69) is 10.6 Å². The number of anilines is 1. The molecule has 2 heterocycles. The van der Waals surface area contributed by atoms with E-state index in [0.29, 0.717) is 27.8 Å². The van der Waals surface area contributed by atoms with Crippen molar-refractivity contribution in [2.24, 2.45) is 0 Å². The number of carbonyl (C=O) groups is 1. The zero-order valence-electron chi connectivity index (χ0n) is 12.8. The zero-order chi connectivity index (χ0) is 17.8. The molecule has 1 aromatic carbocycles. The minimum absolute atomic E-state index is 0.116. The van der Waals surface area contributed by atoms with Gasteiger partial charge >= 0.3 is 0 Å². The third-order valence-corrected chi connectivity index (χ3v) is 3.80. The number of benzene rings is 1. The van der Waals surface area contributed by atoms with Gasteiger partial charge in [-0.15, -0.1) is 0 Å². The predicted octanol–water partition coefficient (Wildman–Crippen LogP) is 3.81. The van der Waals surface area contributed by atoms with E-state index in [1.54, 1.807) is 36.4 Å². The van der Waals surface area contributed by atoms with Gasteiger partial charge in [0.2, 0.25) is 0 Å². The second kappa shape index (κ2) is 7.52. The lowest BCUT2D eigenvalue weighted by molar-refractivity contribution is 0.0950. The van der Waals surface area contributed by atoms with Gasteiger partial charge in [0.1, 0.15) is 18.1 Å². The summed E-state index contributed by atoms with van der Waals surface area (Å²) in [5.41, 5.74) is 1.28. The first kappa shape index (κ1) is 17.2. The van der Waals surface area contributed by atoms with E-state index < -0.39 is 5.91 Å². The Morgan fingerprint density at radius 3 is 2.72 bits per heavy atom. The van der Waals surface area contributed by atoms with Crippen LogP contribution in [-0.4, -0.2) is 16.1 Å². The first-order valence-electron chi connectivity index (χ1n) is 7.22. The highest BCUT2D eigenvalue weighted by atomic mass is 35.5. The molecule has 25 heavy (non-hydrogen) atoms. The van der Waals surface area contributed by atoms with Crippen LogP contribution in [0.2, 0.25) is 5.02 Å². The molecule has 6 nitrogen and oxygen atoms in total. The lowest BCUT2D eigenvalue weighted by Gasteiger charge is -2.10. The third kappa shape index (κ3) is 4.08. The summed E-state index contributed by atoms with van der Waals surface area (Å²) in [5.74, 6) is 0.719. The smallest absolute Gasteiger partial charge is 0.293 e.